The van der Waals surface area contributed by atoms with Crippen LogP contribution in [0.2, 0.25) is 5.22 Å². The highest BCUT2D eigenvalue weighted by Crippen LogP contribution is 2.42. The molecule has 6 nitrogen and oxygen atoms in total. The lowest BCUT2D eigenvalue weighted by molar-refractivity contribution is -0.154. The number of furan rings is 1. The van der Waals surface area contributed by atoms with E-state index in [1.807, 2.05) is 0 Å². The molecule has 1 aliphatic rings. The van der Waals surface area contributed by atoms with Gasteiger partial charge in [-0.15, -0.1) is 0 Å². The highest BCUT2D eigenvalue weighted by Gasteiger charge is 2.46. The molecular formula is C12H11ClF3N3O3S. The van der Waals surface area contributed by atoms with Crippen LogP contribution in [0.5, 0.6) is 0 Å². The number of aromatic nitrogens is 2. The molecule has 0 amide bonds. The van der Waals surface area contributed by atoms with E-state index in [1.54, 1.807) is 0 Å². The lowest BCUT2D eigenvalue weighted by Crippen LogP contribution is -2.42. The Morgan fingerprint density at radius 2 is 2.13 bits per heavy atom. The van der Waals surface area contributed by atoms with Crippen molar-refractivity contribution < 1.29 is 26.0 Å². The number of hydrogen-bond donors (Lipinski definition) is 2. The van der Waals surface area contributed by atoms with E-state index in [9.17, 15) is 21.6 Å². The topological polar surface area (TPSA) is 88.0 Å². The van der Waals surface area contributed by atoms with Gasteiger partial charge in [0.1, 0.15) is 0 Å². The maximum absolute atomic E-state index is 13.2. The molecule has 2 N–H and O–H groups in total. The number of nitrogens with zero attached hydrogens (tertiary/aromatic N) is 1. The molecule has 23 heavy (non-hydrogen) atoms. The SMILES string of the molecule is O=S(=O)(NC1Cc2[nH]ncc2C(C(F)(F)F)C1)c1ccc(Cl)o1. The van der Waals surface area contributed by atoms with Crippen LogP contribution >= 0.6 is 11.6 Å². The second-order valence-corrected chi connectivity index (χ2v) is 7.23. The number of fused-ring (bicyclic) bond motifs is 1. The fourth-order valence-electron chi connectivity index (χ4n) is 2.65. The Morgan fingerprint density at radius 3 is 2.74 bits per heavy atom. The minimum absolute atomic E-state index is 0.0500. The Labute approximate surface area is 134 Å². The smallest absolute Gasteiger partial charge is 0.395 e. The van der Waals surface area contributed by atoms with Gasteiger partial charge in [-0.05, 0) is 30.2 Å². The van der Waals surface area contributed by atoms with Crippen molar-refractivity contribution in [1.29, 1.82) is 0 Å². The van der Waals surface area contributed by atoms with Crippen LogP contribution in [0.4, 0.5) is 13.2 Å². The first-order valence-electron chi connectivity index (χ1n) is 6.53. The average molecular weight is 370 g/mol. The van der Waals surface area contributed by atoms with E-state index in [4.69, 9.17) is 16.0 Å². The van der Waals surface area contributed by atoms with Crippen molar-refractivity contribution in [1.82, 2.24) is 14.9 Å². The fourth-order valence-corrected chi connectivity index (χ4v) is 4.02. The van der Waals surface area contributed by atoms with Gasteiger partial charge in [0.25, 0.3) is 10.0 Å². The molecule has 11 heteroatoms. The number of hydrogen-bond acceptors (Lipinski definition) is 4. The van der Waals surface area contributed by atoms with Crippen molar-refractivity contribution in [2.45, 2.75) is 36.1 Å². The molecular weight excluding hydrogens is 359 g/mol. The molecule has 2 atom stereocenters. The molecule has 126 valence electrons. The van der Waals surface area contributed by atoms with Crippen LogP contribution < -0.4 is 4.72 Å². The van der Waals surface area contributed by atoms with Gasteiger partial charge in [0.2, 0.25) is 5.09 Å². The Kier molecular flexibility index (Phi) is 3.93. The van der Waals surface area contributed by atoms with E-state index < -0.39 is 39.7 Å². The zero-order valence-corrected chi connectivity index (χ0v) is 13.0. The first-order chi connectivity index (χ1) is 10.7. The molecule has 0 saturated heterocycles. The van der Waals surface area contributed by atoms with Gasteiger partial charge in [-0.3, -0.25) is 5.10 Å². The fraction of sp³-hybridized carbons (Fsp3) is 0.417. The van der Waals surface area contributed by atoms with Gasteiger partial charge in [-0.1, -0.05) is 0 Å². The van der Waals surface area contributed by atoms with Crippen LogP contribution in [0.15, 0.2) is 27.8 Å². The summed E-state index contributed by atoms with van der Waals surface area (Å²) in [4.78, 5) is 0. The second kappa shape index (κ2) is 5.53. The summed E-state index contributed by atoms with van der Waals surface area (Å²) in [6, 6.07) is 1.43. The summed E-state index contributed by atoms with van der Waals surface area (Å²) in [6.07, 6.45) is -3.69. The predicted octanol–water partition coefficient (Wildman–Crippen LogP) is 2.60. The third-order valence-corrected chi connectivity index (χ3v) is 5.22. The largest absolute Gasteiger partial charge is 0.432 e. The van der Waals surface area contributed by atoms with Gasteiger partial charge in [-0.2, -0.15) is 18.3 Å². The Morgan fingerprint density at radius 1 is 1.39 bits per heavy atom. The lowest BCUT2D eigenvalue weighted by Gasteiger charge is -2.30. The van der Waals surface area contributed by atoms with E-state index in [0.717, 1.165) is 12.3 Å². The molecule has 3 rings (SSSR count). The van der Waals surface area contributed by atoms with E-state index in [0.29, 0.717) is 0 Å². The lowest BCUT2D eigenvalue weighted by atomic mass is 9.84. The van der Waals surface area contributed by atoms with E-state index in [1.165, 1.54) is 6.07 Å². The molecule has 1 aliphatic carbocycles. The molecule has 0 bridgehead atoms. The van der Waals surface area contributed by atoms with Crippen molar-refractivity contribution in [2.24, 2.45) is 0 Å². The van der Waals surface area contributed by atoms with Gasteiger partial charge in [-0.25, -0.2) is 13.1 Å². The van der Waals surface area contributed by atoms with Crippen molar-refractivity contribution in [3.63, 3.8) is 0 Å². The Hall–Kier alpha value is -1.52. The van der Waals surface area contributed by atoms with Gasteiger partial charge in [0.15, 0.2) is 5.22 Å². The van der Waals surface area contributed by atoms with Crippen LogP contribution in [0.3, 0.4) is 0 Å². The van der Waals surface area contributed by atoms with Crippen molar-refractivity contribution in [2.75, 3.05) is 0 Å². The summed E-state index contributed by atoms with van der Waals surface area (Å²) in [7, 11) is -4.10. The monoisotopic (exact) mass is 369 g/mol. The Bertz CT molecular complexity index is 815. The highest BCUT2D eigenvalue weighted by atomic mass is 35.5. The molecule has 0 aliphatic heterocycles. The predicted molar refractivity (Wildman–Crippen MR) is 73.5 cm³/mol. The molecule has 0 aromatic carbocycles. The van der Waals surface area contributed by atoms with Crippen LogP contribution in [0.25, 0.3) is 0 Å². The summed E-state index contributed by atoms with van der Waals surface area (Å²) >= 11 is 5.52. The van der Waals surface area contributed by atoms with Crippen LogP contribution in [-0.2, 0) is 16.4 Å². The number of sulfonamides is 1. The summed E-state index contributed by atoms with van der Waals surface area (Å²) in [6.45, 7) is 0. The maximum atomic E-state index is 13.2. The van der Waals surface area contributed by atoms with Crippen molar-refractivity contribution >= 4 is 21.6 Å². The van der Waals surface area contributed by atoms with E-state index >= 15 is 0 Å². The maximum Gasteiger partial charge on any atom is 0.395 e. The standard InChI is InChI=1S/C12H11ClF3N3O3S/c13-10-1-2-11(22-10)23(20,21)19-6-3-8(12(14,15)16)7-5-17-18-9(7)4-6/h1-2,5-6,8,19H,3-4H2,(H,17,18). The van der Waals surface area contributed by atoms with Crippen molar-refractivity contribution in [3.05, 3.63) is 34.8 Å². The van der Waals surface area contributed by atoms with Gasteiger partial charge < -0.3 is 4.42 Å². The first-order valence-corrected chi connectivity index (χ1v) is 8.39. The number of aromatic amines is 1. The summed E-state index contributed by atoms with van der Waals surface area (Å²) < 4.78 is 70.9. The second-order valence-electron chi connectivity index (χ2n) is 5.21. The molecule has 0 fully saturated rings. The molecule has 2 unspecified atom stereocenters. The quantitative estimate of drug-likeness (QED) is 0.870. The average Bonchev–Trinajstić information content (AvgIpc) is 3.04. The molecule has 0 spiro atoms. The van der Waals surface area contributed by atoms with Gasteiger partial charge in [0, 0.05) is 23.7 Å². The summed E-state index contributed by atoms with van der Waals surface area (Å²) in [5.41, 5.74) is 0.317. The molecule has 2 heterocycles. The van der Waals surface area contributed by atoms with Crippen LogP contribution in [0, 0.1) is 0 Å². The Balaban J connectivity index is 1.85. The van der Waals surface area contributed by atoms with E-state index in [-0.39, 0.29) is 22.9 Å². The zero-order chi connectivity index (χ0) is 16.8. The van der Waals surface area contributed by atoms with Gasteiger partial charge in [0.05, 0.1) is 12.1 Å². The third-order valence-electron chi connectivity index (χ3n) is 3.63. The number of halogens is 4. The van der Waals surface area contributed by atoms with Crippen LogP contribution in [0.1, 0.15) is 23.6 Å². The summed E-state index contributed by atoms with van der Waals surface area (Å²) in [5, 5.41) is 5.54. The third kappa shape index (κ3) is 3.24. The van der Waals surface area contributed by atoms with Crippen molar-refractivity contribution in [3.8, 4) is 0 Å². The summed E-state index contributed by atoms with van der Waals surface area (Å²) in [5.74, 6) is -1.78. The highest BCUT2D eigenvalue weighted by molar-refractivity contribution is 7.89. The first kappa shape index (κ1) is 16.3. The number of H-pyrrole nitrogens is 1. The minimum atomic E-state index is -4.49. The molecule has 2 aromatic heterocycles. The number of nitrogens with one attached hydrogen (secondary N) is 2. The van der Waals surface area contributed by atoms with Gasteiger partial charge >= 0.3 is 6.18 Å². The van der Waals surface area contributed by atoms with Crippen LogP contribution in [-0.4, -0.2) is 30.8 Å². The molecule has 0 saturated carbocycles. The molecule has 2 aromatic rings. The molecule has 0 radical (unpaired) electrons. The number of rotatable bonds is 3. The normalized spacial score (nSPS) is 22.1. The minimum Gasteiger partial charge on any atom is -0.432 e. The zero-order valence-electron chi connectivity index (χ0n) is 11.4. The van der Waals surface area contributed by atoms with E-state index in [2.05, 4.69) is 14.9 Å². The number of alkyl halides is 3.